The lowest BCUT2D eigenvalue weighted by atomic mass is 10.0. The fraction of sp³-hybridized carbons (Fsp3) is 0.737. The van der Waals surface area contributed by atoms with Crippen LogP contribution in [0.5, 0.6) is 0 Å². The highest BCUT2D eigenvalue weighted by atomic mass is 16.2. The topological polar surface area (TPSA) is 52.6 Å². The molecule has 1 saturated carbocycles. The predicted molar refractivity (Wildman–Crippen MR) is 97.4 cm³/mol. The minimum atomic E-state index is 0.228. The molecule has 0 spiro atoms. The molecule has 0 radical (unpaired) electrons. The smallest absolute Gasteiger partial charge is 0.219 e. The van der Waals surface area contributed by atoms with Crippen molar-refractivity contribution >= 4 is 11.7 Å². The molecule has 1 aliphatic carbocycles. The summed E-state index contributed by atoms with van der Waals surface area (Å²) >= 11 is 0. The molecule has 3 heterocycles. The van der Waals surface area contributed by atoms with Crippen molar-refractivity contribution in [2.75, 3.05) is 37.6 Å². The van der Waals surface area contributed by atoms with E-state index in [9.17, 15) is 4.79 Å². The van der Waals surface area contributed by atoms with Gasteiger partial charge in [0.2, 0.25) is 5.91 Å². The summed E-state index contributed by atoms with van der Waals surface area (Å²) in [4.78, 5) is 27.2. The zero-order valence-electron chi connectivity index (χ0n) is 15.2. The van der Waals surface area contributed by atoms with Crippen molar-refractivity contribution in [1.82, 2.24) is 19.8 Å². The van der Waals surface area contributed by atoms with Gasteiger partial charge in [-0.15, -0.1) is 0 Å². The second-order valence-electron chi connectivity index (χ2n) is 7.86. The Hall–Kier alpha value is -1.69. The van der Waals surface area contributed by atoms with Crippen molar-refractivity contribution in [2.24, 2.45) is 5.92 Å². The van der Waals surface area contributed by atoms with E-state index >= 15 is 0 Å². The average Bonchev–Trinajstić information content (AvgIpc) is 3.35. The Balaban J connectivity index is 1.30. The van der Waals surface area contributed by atoms with Crippen LogP contribution in [0.1, 0.15) is 39.0 Å². The number of piperidine rings is 1. The lowest BCUT2D eigenvalue weighted by Gasteiger charge is -2.40. The molecule has 1 atom stereocenters. The van der Waals surface area contributed by atoms with Crippen molar-refractivity contribution in [2.45, 2.75) is 51.1 Å². The quantitative estimate of drug-likeness (QED) is 0.816. The summed E-state index contributed by atoms with van der Waals surface area (Å²) in [6, 6.07) is 3.35. The number of carbonyl (C=O) groups is 1. The van der Waals surface area contributed by atoms with Crippen LogP contribution in [-0.4, -0.2) is 70.5 Å². The van der Waals surface area contributed by atoms with E-state index in [1.54, 1.807) is 13.3 Å². The first-order chi connectivity index (χ1) is 12.2. The van der Waals surface area contributed by atoms with Gasteiger partial charge >= 0.3 is 0 Å². The number of hydrogen-bond acceptors (Lipinski definition) is 5. The van der Waals surface area contributed by atoms with Crippen LogP contribution < -0.4 is 4.90 Å². The molecule has 6 nitrogen and oxygen atoms in total. The summed E-state index contributed by atoms with van der Waals surface area (Å²) in [5.74, 6) is 1.98. The Morgan fingerprint density at radius 1 is 1.16 bits per heavy atom. The molecular weight excluding hydrogens is 314 g/mol. The van der Waals surface area contributed by atoms with Gasteiger partial charge in [0.25, 0.3) is 0 Å². The Labute approximate surface area is 150 Å². The third kappa shape index (κ3) is 3.94. The minimum absolute atomic E-state index is 0.228. The van der Waals surface area contributed by atoms with E-state index < -0.39 is 0 Å². The first-order valence-corrected chi connectivity index (χ1v) is 9.73. The zero-order valence-corrected chi connectivity index (χ0v) is 15.2. The van der Waals surface area contributed by atoms with E-state index in [1.807, 2.05) is 11.1 Å². The molecule has 2 saturated heterocycles. The summed E-state index contributed by atoms with van der Waals surface area (Å²) < 4.78 is 0. The highest BCUT2D eigenvalue weighted by Gasteiger charge is 2.37. The first kappa shape index (κ1) is 16.8. The van der Waals surface area contributed by atoms with Crippen LogP contribution in [0, 0.1) is 5.92 Å². The maximum Gasteiger partial charge on any atom is 0.219 e. The number of amides is 1. The molecule has 0 N–H and O–H groups in total. The molecule has 0 aromatic carbocycles. The molecule has 2 aliphatic heterocycles. The van der Waals surface area contributed by atoms with Crippen molar-refractivity contribution < 1.29 is 4.79 Å². The molecule has 1 amide bonds. The van der Waals surface area contributed by atoms with Gasteiger partial charge in [0, 0.05) is 57.9 Å². The molecule has 0 bridgehead atoms. The number of anilines is 1. The fourth-order valence-electron chi connectivity index (χ4n) is 4.47. The van der Waals surface area contributed by atoms with E-state index in [0.29, 0.717) is 18.0 Å². The molecule has 4 rings (SSSR count). The molecule has 1 unspecified atom stereocenters. The van der Waals surface area contributed by atoms with Gasteiger partial charge in [0.05, 0.1) is 0 Å². The van der Waals surface area contributed by atoms with E-state index in [4.69, 9.17) is 0 Å². The minimum Gasteiger partial charge on any atom is -0.350 e. The summed E-state index contributed by atoms with van der Waals surface area (Å²) in [6.45, 7) is 7.05. The predicted octanol–water partition coefficient (Wildman–Crippen LogP) is 1.78. The van der Waals surface area contributed by atoms with Crippen LogP contribution in [0.25, 0.3) is 0 Å². The molecule has 136 valence electrons. The molecule has 25 heavy (non-hydrogen) atoms. The molecular formula is C19H29N5O. The van der Waals surface area contributed by atoms with Crippen LogP contribution in [0.4, 0.5) is 5.82 Å². The lowest BCUT2D eigenvalue weighted by Crippen LogP contribution is -2.47. The highest BCUT2D eigenvalue weighted by molar-refractivity contribution is 5.73. The summed E-state index contributed by atoms with van der Waals surface area (Å²) in [5, 5.41) is 0. The van der Waals surface area contributed by atoms with Gasteiger partial charge in [0.15, 0.2) is 0 Å². The van der Waals surface area contributed by atoms with Gasteiger partial charge in [-0.05, 0) is 44.1 Å². The molecule has 3 aliphatic rings. The molecule has 1 aromatic heterocycles. The SMILES string of the molecule is CC(=O)N1CCC(CN2CCC(N(c3ccncn3)C3CC3)CC2)C1. The van der Waals surface area contributed by atoms with E-state index in [2.05, 4.69) is 25.8 Å². The average molecular weight is 343 g/mol. The van der Waals surface area contributed by atoms with Crippen LogP contribution in [0.15, 0.2) is 18.6 Å². The Morgan fingerprint density at radius 2 is 1.92 bits per heavy atom. The Bertz CT molecular complexity index is 583. The number of rotatable bonds is 5. The van der Waals surface area contributed by atoms with Crippen LogP contribution in [-0.2, 0) is 4.79 Å². The normalized spacial score (nSPS) is 25.3. The van der Waals surface area contributed by atoms with Crippen molar-refractivity contribution in [3.63, 3.8) is 0 Å². The van der Waals surface area contributed by atoms with Gasteiger partial charge in [0.1, 0.15) is 12.1 Å². The van der Waals surface area contributed by atoms with Crippen LogP contribution in [0.2, 0.25) is 0 Å². The van der Waals surface area contributed by atoms with E-state index in [-0.39, 0.29) is 5.91 Å². The van der Waals surface area contributed by atoms with Crippen LogP contribution in [0.3, 0.4) is 0 Å². The number of carbonyl (C=O) groups excluding carboxylic acids is 1. The van der Waals surface area contributed by atoms with Gasteiger partial charge in [-0.3, -0.25) is 4.79 Å². The Kier molecular flexibility index (Phi) is 4.88. The second-order valence-corrected chi connectivity index (χ2v) is 7.86. The van der Waals surface area contributed by atoms with Gasteiger partial charge in [-0.25, -0.2) is 9.97 Å². The van der Waals surface area contributed by atoms with Crippen molar-refractivity contribution in [3.05, 3.63) is 18.6 Å². The maximum atomic E-state index is 11.5. The first-order valence-electron chi connectivity index (χ1n) is 9.73. The fourth-order valence-corrected chi connectivity index (χ4v) is 4.47. The Morgan fingerprint density at radius 3 is 2.52 bits per heavy atom. The third-order valence-electron chi connectivity index (χ3n) is 5.97. The molecule has 1 aromatic rings. The summed E-state index contributed by atoms with van der Waals surface area (Å²) in [5.41, 5.74) is 0. The molecule has 3 fully saturated rings. The summed E-state index contributed by atoms with van der Waals surface area (Å²) in [6.07, 6.45) is 9.71. The third-order valence-corrected chi connectivity index (χ3v) is 5.97. The second kappa shape index (κ2) is 7.28. The number of likely N-dealkylation sites (tertiary alicyclic amines) is 2. The molecule has 6 heteroatoms. The number of aromatic nitrogens is 2. The van der Waals surface area contributed by atoms with Gasteiger partial charge in [-0.2, -0.15) is 0 Å². The van der Waals surface area contributed by atoms with Crippen LogP contribution >= 0.6 is 0 Å². The highest BCUT2D eigenvalue weighted by Crippen LogP contribution is 2.35. The largest absolute Gasteiger partial charge is 0.350 e. The van der Waals surface area contributed by atoms with Gasteiger partial charge in [-0.1, -0.05) is 0 Å². The number of hydrogen-bond donors (Lipinski definition) is 0. The monoisotopic (exact) mass is 343 g/mol. The van der Waals surface area contributed by atoms with E-state index in [0.717, 1.165) is 45.0 Å². The van der Waals surface area contributed by atoms with Crippen molar-refractivity contribution in [3.8, 4) is 0 Å². The van der Waals surface area contributed by atoms with Gasteiger partial charge < -0.3 is 14.7 Å². The van der Waals surface area contributed by atoms with Crippen molar-refractivity contribution in [1.29, 1.82) is 0 Å². The maximum absolute atomic E-state index is 11.5. The zero-order chi connectivity index (χ0) is 17.2. The summed E-state index contributed by atoms with van der Waals surface area (Å²) in [7, 11) is 0. The number of nitrogens with zero attached hydrogens (tertiary/aromatic N) is 5. The van der Waals surface area contributed by atoms with E-state index in [1.165, 1.54) is 25.7 Å². The lowest BCUT2D eigenvalue weighted by molar-refractivity contribution is -0.127. The standard InChI is InChI=1S/C19H29N5O/c1-15(25)23-11-5-16(13-23)12-22-9-6-18(7-10-22)24(17-2-3-17)19-4-8-20-14-21-19/h4,8,14,16-18H,2-3,5-7,9-13H2,1H3.